The third-order valence-electron chi connectivity index (χ3n) is 3.76. The number of methoxy groups -OCH3 is 1. The molecule has 0 aliphatic rings. The lowest BCUT2D eigenvalue weighted by Gasteiger charge is -2.14. The van der Waals surface area contributed by atoms with Crippen molar-refractivity contribution in [3.8, 4) is 5.75 Å². The highest BCUT2D eigenvalue weighted by Gasteiger charge is 2.15. The third kappa shape index (κ3) is 7.40. The number of nitrogens with one attached hydrogen (secondary N) is 3. The van der Waals surface area contributed by atoms with E-state index < -0.39 is 5.91 Å². The molecule has 2 aromatic rings. The molecule has 2 rings (SSSR count). The van der Waals surface area contributed by atoms with E-state index >= 15 is 0 Å². The van der Waals surface area contributed by atoms with Gasteiger partial charge in [0.2, 0.25) is 0 Å². The molecule has 0 aliphatic heterocycles. The standard InChI is InChI=1S/C21H24BrN3O4S/c1-13(2)23-19(26)14-5-4-6-16(11-14)24-21(30)25-20(27)17-12-15(22)7-8-18(17)29-10-9-28-3/h4-8,11-13H,9-10H2,1-3H3,(H,23,26)(H2,24,25,27,30). The van der Waals surface area contributed by atoms with Crippen LogP contribution in [-0.2, 0) is 4.74 Å². The van der Waals surface area contributed by atoms with Crippen LogP contribution in [0.25, 0.3) is 0 Å². The number of rotatable bonds is 8. The maximum Gasteiger partial charge on any atom is 0.261 e. The van der Waals surface area contributed by atoms with Crippen molar-refractivity contribution >= 4 is 50.8 Å². The van der Waals surface area contributed by atoms with Crippen molar-refractivity contribution in [2.24, 2.45) is 0 Å². The molecule has 0 bridgehead atoms. The van der Waals surface area contributed by atoms with Crippen LogP contribution in [0.4, 0.5) is 5.69 Å². The number of carbonyl (C=O) groups excluding carboxylic acids is 2. The van der Waals surface area contributed by atoms with E-state index in [9.17, 15) is 9.59 Å². The Morgan fingerprint density at radius 1 is 1.10 bits per heavy atom. The van der Waals surface area contributed by atoms with Gasteiger partial charge in [0.05, 0.1) is 12.2 Å². The second-order valence-corrected chi connectivity index (χ2v) is 7.92. The minimum absolute atomic E-state index is 0.0278. The number of hydrogen-bond acceptors (Lipinski definition) is 5. The number of anilines is 1. The smallest absolute Gasteiger partial charge is 0.261 e. The number of halogens is 1. The predicted molar refractivity (Wildman–Crippen MR) is 124 cm³/mol. The quantitative estimate of drug-likeness (QED) is 0.383. The van der Waals surface area contributed by atoms with Crippen LogP contribution in [0.1, 0.15) is 34.6 Å². The molecule has 0 radical (unpaired) electrons. The molecular weight excluding hydrogens is 470 g/mol. The van der Waals surface area contributed by atoms with Gasteiger partial charge in [-0.1, -0.05) is 22.0 Å². The second-order valence-electron chi connectivity index (χ2n) is 6.60. The van der Waals surface area contributed by atoms with Crippen LogP contribution >= 0.6 is 28.1 Å². The Morgan fingerprint density at radius 3 is 2.57 bits per heavy atom. The molecule has 0 saturated heterocycles. The molecule has 7 nitrogen and oxygen atoms in total. The molecule has 30 heavy (non-hydrogen) atoms. The Balaban J connectivity index is 2.06. The number of amides is 2. The molecule has 3 N–H and O–H groups in total. The first-order valence-electron chi connectivity index (χ1n) is 9.24. The van der Waals surface area contributed by atoms with Crippen LogP contribution < -0.4 is 20.7 Å². The van der Waals surface area contributed by atoms with Gasteiger partial charge in [0, 0.05) is 28.9 Å². The van der Waals surface area contributed by atoms with Gasteiger partial charge in [0.25, 0.3) is 11.8 Å². The first-order chi connectivity index (χ1) is 14.3. The molecule has 0 atom stereocenters. The van der Waals surface area contributed by atoms with Crippen molar-refractivity contribution in [1.82, 2.24) is 10.6 Å². The topological polar surface area (TPSA) is 88.7 Å². The number of ether oxygens (including phenoxy) is 2. The first kappa shape index (κ1) is 23.8. The maximum atomic E-state index is 12.7. The normalized spacial score (nSPS) is 10.4. The van der Waals surface area contributed by atoms with Crippen molar-refractivity contribution in [2.75, 3.05) is 25.6 Å². The lowest BCUT2D eigenvalue weighted by molar-refractivity contribution is 0.0940. The highest BCUT2D eigenvalue weighted by molar-refractivity contribution is 9.10. The lowest BCUT2D eigenvalue weighted by atomic mass is 10.1. The summed E-state index contributed by atoms with van der Waals surface area (Å²) in [5.41, 5.74) is 1.40. The van der Waals surface area contributed by atoms with Crippen LogP contribution in [-0.4, -0.2) is 43.3 Å². The van der Waals surface area contributed by atoms with Crippen LogP contribution in [0.3, 0.4) is 0 Å². The van der Waals surface area contributed by atoms with E-state index in [1.807, 2.05) is 13.8 Å². The number of carbonyl (C=O) groups is 2. The molecule has 0 aliphatic carbocycles. The zero-order valence-electron chi connectivity index (χ0n) is 17.0. The molecule has 9 heteroatoms. The molecule has 0 fully saturated rings. The fourth-order valence-electron chi connectivity index (χ4n) is 2.46. The minimum Gasteiger partial charge on any atom is -0.490 e. The highest BCUT2D eigenvalue weighted by Crippen LogP contribution is 2.23. The van der Waals surface area contributed by atoms with Crippen molar-refractivity contribution in [3.63, 3.8) is 0 Å². The van der Waals surface area contributed by atoms with E-state index in [2.05, 4.69) is 31.9 Å². The monoisotopic (exact) mass is 493 g/mol. The van der Waals surface area contributed by atoms with Gasteiger partial charge in [-0.25, -0.2) is 0 Å². The van der Waals surface area contributed by atoms with Gasteiger partial charge in [-0.15, -0.1) is 0 Å². The van der Waals surface area contributed by atoms with Gasteiger partial charge in [0.1, 0.15) is 12.4 Å². The van der Waals surface area contributed by atoms with E-state index in [0.29, 0.717) is 35.8 Å². The molecule has 0 aromatic heterocycles. The van der Waals surface area contributed by atoms with Gasteiger partial charge >= 0.3 is 0 Å². The Kier molecular flexibility index (Phi) is 9.22. The van der Waals surface area contributed by atoms with Gasteiger partial charge in [0.15, 0.2) is 5.11 Å². The Morgan fingerprint density at radius 2 is 1.87 bits per heavy atom. The van der Waals surface area contributed by atoms with E-state index in [1.165, 1.54) is 0 Å². The summed E-state index contributed by atoms with van der Waals surface area (Å²) >= 11 is 8.62. The summed E-state index contributed by atoms with van der Waals surface area (Å²) in [4.78, 5) is 24.9. The van der Waals surface area contributed by atoms with E-state index in [-0.39, 0.29) is 17.1 Å². The molecule has 2 amide bonds. The molecule has 0 spiro atoms. The third-order valence-corrected chi connectivity index (χ3v) is 4.46. The Hall–Kier alpha value is -2.49. The molecule has 0 saturated carbocycles. The van der Waals surface area contributed by atoms with Gasteiger partial charge < -0.3 is 20.1 Å². The Bertz CT molecular complexity index is 921. The summed E-state index contributed by atoms with van der Waals surface area (Å²) in [5.74, 6) is -0.187. The van der Waals surface area contributed by atoms with Gasteiger partial charge in [-0.3, -0.25) is 14.9 Å². The van der Waals surface area contributed by atoms with Crippen LogP contribution in [0, 0.1) is 0 Å². The van der Waals surface area contributed by atoms with Crippen LogP contribution in [0.2, 0.25) is 0 Å². The number of benzene rings is 2. The Labute approximate surface area is 189 Å². The summed E-state index contributed by atoms with van der Waals surface area (Å²) in [7, 11) is 1.57. The average molecular weight is 494 g/mol. The first-order valence-corrected chi connectivity index (χ1v) is 10.4. The second kappa shape index (κ2) is 11.6. The molecule has 160 valence electrons. The molecule has 2 aromatic carbocycles. The van der Waals surface area contributed by atoms with E-state index in [4.69, 9.17) is 21.7 Å². The zero-order chi connectivity index (χ0) is 22.1. The summed E-state index contributed by atoms with van der Waals surface area (Å²) in [6.07, 6.45) is 0. The fraction of sp³-hybridized carbons (Fsp3) is 0.286. The van der Waals surface area contributed by atoms with Crippen LogP contribution in [0.15, 0.2) is 46.9 Å². The van der Waals surface area contributed by atoms with Crippen molar-refractivity contribution in [1.29, 1.82) is 0 Å². The van der Waals surface area contributed by atoms with Crippen molar-refractivity contribution in [3.05, 3.63) is 58.1 Å². The van der Waals surface area contributed by atoms with Crippen molar-refractivity contribution in [2.45, 2.75) is 19.9 Å². The van der Waals surface area contributed by atoms with E-state index in [0.717, 1.165) is 4.47 Å². The number of thiocarbonyl (C=S) groups is 1. The zero-order valence-corrected chi connectivity index (χ0v) is 19.4. The lowest BCUT2D eigenvalue weighted by Crippen LogP contribution is -2.34. The largest absolute Gasteiger partial charge is 0.490 e. The fourth-order valence-corrected chi connectivity index (χ4v) is 3.03. The maximum absolute atomic E-state index is 12.7. The van der Waals surface area contributed by atoms with Crippen molar-refractivity contribution < 1.29 is 19.1 Å². The summed E-state index contributed by atoms with van der Waals surface area (Å²) in [6, 6.07) is 12.0. The van der Waals surface area contributed by atoms with E-state index in [1.54, 1.807) is 49.6 Å². The molecule has 0 heterocycles. The van der Waals surface area contributed by atoms with Gasteiger partial charge in [-0.2, -0.15) is 0 Å². The SMILES string of the molecule is COCCOc1ccc(Br)cc1C(=O)NC(=S)Nc1cccc(C(=O)NC(C)C)c1. The minimum atomic E-state index is -0.421. The molecular formula is C21H24BrN3O4S. The summed E-state index contributed by atoms with van der Waals surface area (Å²) in [5, 5.41) is 8.49. The number of hydrogen-bond donors (Lipinski definition) is 3. The average Bonchev–Trinajstić information content (AvgIpc) is 2.68. The highest BCUT2D eigenvalue weighted by atomic mass is 79.9. The molecule has 0 unspecified atom stereocenters. The van der Waals surface area contributed by atoms with Crippen LogP contribution in [0.5, 0.6) is 5.75 Å². The summed E-state index contributed by atoms with van der Waals surface area (Å²) < 4.78 is 11.3. The predicted octanol–water partition coefficient (Wildman–Crippen LogP) is 3.74. The van der Waals surface area contributed by atoms with Gasteiger partial charge in [-0.05, 0) is 62.5 Å². The summed E-state index contributed by atoms with van der Waals surface area (Å²) in [6.45, 7) is 4.49.